The molecule has 2 N–H and O–H groups in total. The SMILES string of the molecule is CCOc1cc(C)ccc1CNC(=O)[C@H]1CCN[C@@H](C)C1.Cl. The van der Waals surface area contributed by atoms with Gasteiger partial charge in [0.25, 0.3) is 0 Å². The lowest BCUT2D eigenvalue weighted by Gasteiger charge is -2.27. The van der Waals surface area contributed by atoms with E-state index >= 15 is 0 Å². The van der Waals surface area contributed by atoms with Gasteiger partial charge in [-0.1, -0.05) is 12.1 Å². The normalized spacial score (nSPS) is 20.9. The molecule has 1 amide bonds. The van der Waals surface area contributed by atoms with Crippen LogP contribution in [0.4, 0.5) is 0 Å². The third-order valence-corrected chi connectivity index (χ3v) is 3.97. The van der Waals surface area contributed by atoms with Crippen LogP contribution in [0.25, 0.3) is 0 Å². The molecule has 22 heavy (non-hydrogen) atoms. The molecule has 124 valence electrons. The molecule has 1 fully saturated rings. The Morgan fingerprint density at radius 2 is 2.23 bits per heavy atom. The highest BCUT2D eigenvalue weighted by Gasteiger charge is 2.24. The fraction of sp³-hybridized carbons (Fsp3) is 0.588. The molecule has 1 heterocycles. The first-order chi connectivity index (χ1) is 10.1. The molecular weight excluding hydrogens is 300 g/mol. The predicted molar refractivity (Wildman–Crippen MR) is 91.6 cm³/mol. The van der Waals surface area contributed by atoms with Crippen molar-refractivity contribution < 1.29 is 9.53 Å². The summed E-state index contributed by atoms with van der Waals surface area (Å²) in [6, 6.07) is 6.53. The van der Waals surface area contributed by atoms with Crippen molar-refractivity contribution in [1.29, 1.82) is 0 Å². The summed E-state index contributed by atoms with van der Waals surface area (Å²) in [5, 5.41) is 6.43. The molecular formula is C17H27ClN2O2. The summed E-state index contributed by atoms with van der Waals surface area (Å²) < 4.78 is 5.65. The molecule has 5 heteroatoms. The van der Waals surface area contributed by atoms with Crippen molar-refractivity contribution in [1.82, 2.24) is 10.6 Å². The summed E-state index contributed by atoms with van der Waals surface area (Å²) in [4.78, 5) is 12.3. The number of benzene rings is 1. The van der Waals surface area contributed by atoms with Crippen LogP contribution < -0.4 is 15.4 Å². The van der Waals surface area contributed by atoms with E-state index in [1.54, 1.807) is 0 Å². The van der Waals surface area contributed by atoms with Crippen LogP contribution >= 0.6 is 12.4 Å². The van der Waals surface area contributed by atoms with Crippen LogP contribution in [0.5, 0.6) is 5.75 Å². The quantitative estimate of drug-likeness (QED) is 0.874. The van der Waals surface area contributed by atoms with Crippen LogP contribution in [0, 0.1) is 12.8 Å². The molecule has 1 aliphatic rings. The molecule has 4 nitrogen and oxygen atoms in total. The van der Waals surface area contributed by atoms with Gasteiger partial charge in [-0.3, -0.25) is 4.79 Å². The minimum atomic E-state index is 0. The third kappa shape index (κ3) is 5.18. The Morgan fingerprint density at radius 1 is 1.45 bits per heavy atom. The molecule has 0 aliphatic carbocycles. The summed E-state index contributed by atoms with van der Waals surface area (Å²) in [6.45, 7) is 8.24. The summed E-state index contributed by atoms with van der Waals surface area (Å²) in [5.74, 6) is 1.16. The Bertz CT molecular complexity index is 494. The number of hydrogen-bond acceptors (Lipinski definition) is 3. The number of ether oxygens (including phenoxy) is 1. The van der Waals surface area contributed by atoms with Crippen LogP contribution in [0.1, 0.15) is 37.8 Å². The average Bonchev–Trinajstić information content (AvgIpc) is 2.46. The number of aryl methyl sites for hydroxylation is 1. The third-order valence-electron chi connectivity index (χ3n) is 3.97. The summed E-state index contributed by atoms with van der Waals surface area (Å²) >= 11 is 0. The van der Waals surface area contributed by atoms with E-state index in [4.69, 9.17) is 4.74 Å². The van der Waals surface area contributed by atoms with Gasteiger partial charge in [0.2, 0.25) is 5.91 Å². The molecule has 1 aromatic carbocycles. The molecule has 0 unspecified atom stereocenters. The lowest BCUT2D eigenvalue weighted by Crippen LogP contribution is -2.42. The maximum absolute atomic E-state index is 12.3. The maximum atomic E-state index is 12.3. The van der Waals surface area contributed by atoms with Gasteiger partial charge in [-0.25, -0.2) is 0 Å². The first kappa shape index (κ1) is 18.8. The van der Waals surface area contributed by atoms with E-state index in [1.807, 2.05) is 26.0 Å². The molecule has 0 radical (unpaired) electrons. The van der Waals surface area contributed by atoms with Gasteiger partial charge in [-0.15, -0.1) is 12.4 Å². The van der Waals surface area contributed by atoms with E-state index in [2.05, 4.69) is 23.6 Å². The molecule has 2 atom stereocenters. The molecule has 2 rings (SSSR count). The molecule has 0 spiro atoms. The van der Waals surface area contributed by atoms with E-state index in [1.165, 1.54) is 5.56 Å². The zero-order valence-electron chi connectivity index (χ0n) is 13.6. The van der Waals surface area contributed by atoms with Gasteiger partial charge < -0.3 is 15.4 Å². The second-order valence-corrected chi connectivity index (χ2v) is 5.84. The molecule has 0 saturated carbocycles. The fourth-order valence-electron chi connectivity index (χ4n) is 2.79. The van der Waals surface area contributed by atoms with Crippen molar-refractivity contribution in [3.8, 4) is 5.75 Å². The second kappa shape index (κ2) is 9.01. The monoisotopic (exact) mass is 326 g/mol. The van der Waals surface area contributed by atoms with Gasteiger partial charge in [0.15, 0.2) is 0 Å². The first-order valence-corrected chi connectivity index (χ1v) is 7.83. The predicted octanol–water partition coefficient (Wildman–Crippen LogP) is 2.82. The smallest absolute Gasteiger partial charge is 0.223 e. The standard InChI is InChI=1S/C17H26N2O2.ClH/c1-4-21-16-9-12(2)5-6-15(16)11-19-17(20)14-7-8-18-13(3)10-14;/h5-6,9,13-14,18H,4,7-8,10-11H2,1-3H3,(H,19,20);1H/t13-,14-;/m0./s1. The summed E-state index contributed by atoms with van der Waals surface area (Å²) in [6.07, 6.45) is 1.83. The number of nitrogens with one attached hydrogen (secondary N) is 2. The zero-order valence-corrected chi connectivity index (χ0v) is 14.5. The van der Waals surface area contributed by atoms with Gasteiger partial charge in [0.05, 0.1) is 6.61 Å². The largest absolute Gasteiger partial charge is 0.494 e. The van der Waals surface area contributed by atoms with Crippen molar-refractivity contribution in [3.05, 3.63) is 29.3 Å². The highest BCUT2D eigenvalue weighted by atomic mass is 35.5. The maximum Gasteiger partial charge on any atom is 0.223 e. The number of hydrogen-bond donors (Lipinski definition) is 2. The number of carbonyl (C=O) groups excluding carboxylic acids is 1. The Hall–Kier alpha value is -1.26. The Kier molecular flexibility index (Phi) is 7.69. The highest BCUT2D eigenvalue weighted by Crippen LogP contribution is 2.21. The van der Waals surface area contributed by atoms with Crippen molar-refractivity contribution >= 4 is 18.3 Å². The average molecular weight is 327 g/mol. The molecule has 1 saturated heterocycles. The minimum absolute atomic E-state index is 0. The van der Waals surface area contributed by atoms with Gasteiger partial charge >= 0.3 is 0 Å². The molecule has 0 aromatic heterocycles. The lowest BCUT2D eigenvalue weighted by molar-refractivity contribution is -0.126. The lowest BCUT2D eigenvalue weighted by atomic mass is 9.92. The Morgan fingerprint density at radius 3 is 2.91 bits per heavy atom. The van der Waals surface area contributed by atoms with E-state index in [9.17, 15) is 4.79 Å². The molecule has 1 aliphatic heterocycles. The van der Waals surface area contributed by atoms with Gasteiger partial charge in [-0.05, 0) is 51.8 Å². The van der Waals surface area contributed by atoms with Crippen molar-refractivity contribution in [3.63, 3.8) is 0 Å². The van der Waals surface area contributed by atoms with Crippen molar-refractivity contribution in [2.24, 2.45) is 5.92 Å². The van der Waals surface area contributed by atoms with Crippen LogP contribution in [0.15, 0.2) is 18.2 Å². The fourth-order valence-corrected chi connectivity index (χ4v) is 2.79. The van der Waals surface area contributed by atoms with Gasteiger partial charge in [0.1, 0.15) is 5.75 Å². The number of amides is 1. The van der Waals surface area contributed by atoms with Crippen LogP contribution in [-0.4, -0.2) is 25.1 Å². The highest BCUT2D eigenvalue weighted by molar-refractivity contribution is 5.85. The molecule has 0 bridgehead atoms. The topological polar surface area (TPSA) is 50.4 Å². The number of piperidine rings is 1. The van der Waals surface area contributed by atoms with Crippen LogP contribution in [-0.2, 0) is 11.3 Å². The Labute approximate surface area is 139 Å². The number of rotatable bonds is 5. The van der Waals surface area contributed by atoms with E-state index < -0.39 is 0 Å². The number of carbonyl (C=O) groups is 1. The van der Waals surface area contributed by atoms with E-state index in [0.29, 0.717) is 19.2 Å². The van der Waals surface area contributed by atoms with Crippen molar-refractivity contribution in [2.45, 2.75) is 46.2 Å². The number of halogens is 1. The van der Waals surface area contributed by atoms with Crippen LogP contribution in [0.2, 0.25) is 0 Å². The summed E-state index contributed by atoms with van der Waals surface area (Å²) in [7, 11) is 0. The van der Waals surface area contributed by atoms with Gasteiger partial charge in [-0.2, -0.15) is 0 Å². The van der Waals surface area contributed by atoms with E-state index in [-0.39, 0.29) is 24.2 Å². The first-order valence-electron chi connectivity index (χ1n) is 7.83. The minimum Gasteiger partial charge on any atom is -0.494 e. The Balaban J connectivity index is 0.00000242. The zero-order chi connectivity index (χ0) is 15.2. The second-order valence-electron chi connectivity index (χ2n) is 5.84. The van der Waals surface area contributed by atoms with E-state index in [0.717, 1.165) is 30.7 Å². The van der Waals surface area contributed by atoms with Crippen molar-refractivity contribution in [2.75, 3.05) is 13.2 Å². The summed E-state index contributed by atoms with van der Waals surface area (Å²) in [5.41, 5.74) is 2.21. The van der Waals surface area contributed by atoms with Crippen LogP contribution in [0.3, 0.4) is 0 Å². The van der Waals surface area contributed by atoms with Gasteiger partial charge in [0, 0.05) is 24.1 Å². The molecule has 1 aromatic rings.